The molecule has 5 aromatic heterocycles. The van der Waals surface area contributed by atoms with Crippen molar-refractivity contribution in [3.05, 3.63) is 181 Å². The largest absolute Gasteiger partial charge is 0.820 e. The Morgan fingerprint density at radius 1 is 0.377 bits per heavy atom. The van der Waals surface area contributed by atoms with Gasteiger partial charge in [0.25, 0.3) is 0 Å². The number of para-hydroxylation sites is 5. The van der Waals surface area contributed by atoms with E-state index in [1.54, 1.807) is 24.5 Å². The Hall–Kier alpha value is -4.46. The molecule has 10 aromatic rings. The first kappa shape index (κ1) is 53.9. The molecule has 0 unspecified atom stereocenters. The van der Waals surface area contributed by atoms with Crippen LogP contribution in [0.2, 0.25) is 0 Å². The van der Waals surface area contributed by atoms with Crippen molar-refractivity contribution >= 4 is 161 Å². The number of hydrogen-bond acceptors (Lipinski definition) is 10. The van der Waals surface area contributed by atoms with Crippen molar-refractivity contribution in [1.29, 1.82) is 0 Å². The van der Waals surface area contributed by atoms with Gasteiger partial charge >= 0.3 is 75.9 Å². The fourth-order valence-electron chi connectivity index (χ4n) is 6.86. The molecule has 0 saturated carbocycles. The third-order valence-corrected chi connectivity index (χ3v) is 12.3. The molecule has 0 aliphatic carbocycles. The Bertz CT molecular complexity index is 3090. The van der Waals surface area contributed by atoms with E-state index < -0.39 is 75.9 Å². The van der Waals surface area contributed by atoms with Gasteiger partial charge in [-0.2, -0.15) is 0 Å². The second-order valence-corrected chi connectivity index (χ2v) is 18.2. The number of benzene rings is 5. The average Bonchev–Trinajstić information content (AvgIpc) is 3.36. The fourth-order valence-corrected chi connectivity index (χ4v) is 9.15. The Kier molecular flexibility index (Phi) is 22.2. The summed E-state index contributed by atoms with van der Waals surface area (Å²) in [6, 6.07) is 46.2. The topological polar surface area (TPSA) is 111 Å². The molecule has 339 valence electrons. The van der Waals surface area contributed by atoms with Crippen molar-refractivity contribution in [3.63, 3.8) is 0 Å². The van der Waals surface area contributed by atoms with Crippen LogP contribution < -0.4 is 18.9 Å². The van der Waals surface area contributed by atoms with Crippen LogP contribution in [-0.2, 0) is 0 Å². The monoisotopic (exact) mass is 1050 g/mol. The molecule has 5 heterocycles. The van der Waals surface area contributed by atoms with Gasteiger partial charge in [-0.15, -0.1) is 0 Å². The zero-order chi connectivity index (χ0) is 49.0. The van der Waals surface area contributed by atoms with E-state index in [0.29, 0.717) is 11.5 Å². The summed E-state index contributed by atoms with van der Waals surface area (Å²) in [7, 11) is 16.8. The molecule has 5 aromatic carbocycles. The maximum absolute atomic E-state index is 12.1. The Morgan fingerprint density at radius 3 is 1.16 bits per heavy atom. The van der Waals surface area contributed by atoms with Crippen molar-refractivity contribution in [3.8, 4) is 28.7 Å². The van der Waals surface area contributed by atoms with Gasteiger partial charge in [0.1, 0.15) is 56.3 Å². The molecule has 10 rings (SSSR count). The van der Waals surface area contributed by atoms with Crippen LogP contribution in [0.1, 0.15) is 22.6 Å². The SMILES string of the molecule is Cc1cc(C)c2cccc([O][Al][Cl])c2n1.Cc1ccc2cccc([O][Al][Cl])c2n1.Cc1ccc2cccc([O][Al][F])c2n1.[Cl][Al][O]c1cccc2cccnc12.[F][Al][O]c1cccc2cccnc12. The summed E-state index contributed by atoms with van der Waals surface area (Å²) in [5.41, 5.74) is 8.23. The van der Waals surface area contributed by atoms with Crippen molar-refractivity contribution in [2.45, 2.75) is 27.7 Å². The molecule has 0 saturated heterocycles. The van der Waals surface area contributed by atoms with Gasteiger partial charge in [0.2, 0.25) is 0 Å². The van der Waals surface area contributed by atoms with Crippen molar-refractivity contribution < 1.29 is 26.0 Å². The highest BCUT2D eigenvalue weighted by atomic mass is 35.6. The zero-order valence-corrected chi connectivity index (χ0v) is 45.6. The summed E-state index contributed by atoms with van der Waals surface area (Å²) in [6.45, 7) is 7.92. The highest BCUT2D eigenvalue weighted by Gasteiger charge is 2.09. The van der Waals surface area contributed by atoms with Gasteiger partial charge in [0.05, 0.1) is 0 Å². The van der Waals surface area contributed by atoms with Gasteiger partial charge < -0.3 is 26.0 Å². The minimum atomic E-state index is -1.48. The summed E-state index contributed by atoms with van der Waals surface area (Å²) in [6.07, 6.45) is 3.42. The molecule has 69 heavy (non-hydrogen) atoms. The molecule has 20 heteroatoms. The Balaban J connectivity index is 0.000000142. The van der Waals surface area contributed by atoms with E-state index in [-0.39, 0.29) is 0 Å². The average molecular weight is 1060 g/mol. The molecule has 10 nitrogen and oxygen atoms in total. The summed E-state index contributed by atoms with van der Waals surface area (Å²) >= 11 is -4.50. The van der Waals surface area contributed by atoms with Gasteiger partial charge in [-0.25, -0.2) is 45.1 Å². The number of rotatable bonds is 10. The number of hydrogen-bond donors (Lipinski definition) is 0. The summed E-state index contributed by atoms with van der Waals surface area (Å²) < 4.78 is 50.1. The molecule has 0 bridgehead atoms. The summed E-state index contributed by atoms with van der Waals surface area (Å²) in [4.78, 5) is 21.6. The molecular formula is C49H38Al5Cl3F2N5O5. The number of aryl methyl sites for hydroxylation is 4. The highest BCUT2D eigenvalue weighted by molar-refractivity contribution is 6.90. The van der Waals surface area contributed by atoms with Crippen LogP contribution in [0.5, 0.6) is 28.7 Å². The summed E-state index contributed by atoms with van der Waals surface area (Å²) in [5.74, 6) is 3.38. The third-order valence-electron chi connectivity index (χ3n) is 9.83. The number of pyridine rings is 5. The lowest BCUT2D eigenvalue weighted by Gasteiger charge is -2.09. The lowest BCUT2D eigenvalue weighted by molar-refractivity contribution is 0.540. The van der Waals surface area contributed by atoms with Crippen LogP contribution in [0.4, 0.5) is 7.05 Å². The lowest BCUT2D eigenvalue weighted by atomic mass is 10.1. The fraction of sp³-hybridized carbons (Fsp3) is 0.0816. The second-order valence-electron chi connectivity index (χ2n) is 14.5. The molecule has 0 aliphatic rings. The molecule has 0 aliphatic heterocycles. The standard InChI is InChI=1S/C11H11NO.2C10H9NO.2C9H7NO.5Al.3ClH.2FH/c1-7-6-8(2)12-11-9(7)4-3-5-10(11)13;2*1-7-5-6-8-3-2-4-9(12)10(8)11-7;2*11-8-5-1-3-7-4-2-6-10-9(7)8;;;;;;;;;;/h3-6,13H,1-2H3;2*2-6,12H,1H3;2*1-6,11H;;;;;;5*1H/q;;;;;5*+2;;;;;/p-10. The van der Waals surface area contributed by atoms with Crippen molar-refractivity contribution in [1.82, 2.24) is 24.9 Å². The quantitative estimate of drug-likeness (QED) is 0.123. The molecule has 0 fully saturated rings. The normalized spacial score (nSPS) is 10.1. The number of aromatic nitrogens is 5. The number of nitrogens with zero attached hydrogens (tertiary/aromatic N) is 5. The van der Waals surface area contributed by atoms with E-state index in [4.69, 9.17) is 49.1 Å². The first-order chi connectivity index (χ1) is 33.7. The van der Waals surface area contributed by atoms with E-state index in [0.717, 1.165) is 88.8 Å². The minimum absolute atomic E-state index is 0.505. The maximum Gasteiger partial charge on any atom is 0.820 e. The van der Waals surface area contributed by atoms with Crippen molar-refractivity contribution in [2.24, 2.45) is 0 Å². The zero-order valence-electron chi connectivity index (χ0n) is 37.6. The van der Waals surface area contributed by atoms with Crippen LogP contribution in [0.15, 0.2) is 158 Å². The Morgan fingerprint density at radius 2 is 0.725 bits per heavy atom. The highest BCUT2D eigenvalue weighted by Crippen LogP contribution is 2.28. The third kappa shape index (κ3) is 15.5. The van der Waals surface area contributed by atoms with Gasteiger partial charge in [-0.3, -0.25) is 9.97 Å². The van der Waals surface area contributed by atoms with Crippen molar-refractivity contribution in [2.75, 3.05) is 0 Å². The maximum atomic E-state index is 12.1. The van der Waals surface area contributed by atoms with Gasteiger partial charge in [0, 0.05) is 56.4 Å². The number of fused-ring (bicyclic) bond motifs is 5. The minimum Gasteiger partial charge on any atom is -0.635 e. The molecule has 5 radical (unpaired) electrons. The molecule has 0 spiro atoms. The van der Waals surface area contributed by atoms with E-state index in [1.807, 2.05) is 148 Å². The van der Waals surface area contributed by atoms with Gasteiger partial charge in [-0.05, 0) is 93.9 Å². The molecule has 0 atom stereocenters. The first-order valence-electron chi connectivity index (χ1n) is 20.9. The van der Waals surface area contributed by atoms with Gasteiger partial charge in [0.15, 0.2) is 0 Å². The van der Waals surface area contributed by atoms with E-state index >= 15 is 0 Å². The Labute approximate surface area is 444 Å². The van der Waals surface area contributed by atoms with Crippen LogP contribution >= 0.6 is 30.1 Å². The molecular weight excluding hydrogens is 1020 g/mol. The molecule has 0 N–H and O–H groups in total. The van der Waals surface area contributed by atoms with Gasteiger partial charge in [-0.1, -0.05) is 84.9 Å². The van der Waals surface area contributed by atoms with Crippen LogP contribution in [-0.4, -0.2) is 101 Å². The van der Waals surface area contributed by atoms with Crippen LogP contribution in [0.25, 0.3) is 54.5 Å². The van der Waals surface area contributed by atoms with E-state index in [9.17, 15) is 7.05 Å². The predicted octanol–water partition coefficient (Wildman–Crippen LogP) is 12.6. The number of halogens is 5. The van der Waals surface area contributed by atoms with E-state index in [1.165, 1.54) is 5.56 Å². The van der Waals surface area contributed by atoms with Crippen LogP contribution in [0, 0.1) is 27.7 Å². The first-order valence-corrected chi connectivity index (χ1v) is 29.3. The predicted molar refractivity (Wildman–Crippen MR) is 279 cm³/mol. The van der Waals surface area contributed by atoms with Crippen LogP contribution in [0.3, 0.4) is 0 Å². The lowest BCUT2D eigenvalue weighted by Crippen LogP contribution is -1.96. The second kappa shape index (κ2) is 28.4. The van der Waals surface area contributed by atoms with E-state index in [2.05, 4.69) is 37.9 Å². The smallest absolute Gasteiger partial charge is 0.635 e. The summed E-state index contributed by atoms with van der Waals surface area (Å²) in [5, 5.41) is 5.22. The molecule has 0 amide bonds.